The number of fused-ring (bicyclic) bond motifs is 5. The zero-order chi connectivity index (χ0) is 19.1. The van der Waals surface area contributed by atoms with Crippen LogP contribution < -0.4 is 0 Å². The predicted octanol–water partition coefficient (Wildman–Crippen LogP) is 3.55. The molecule has 2 atom stereocenters. The van der Waals surface area contributed by atoms with E-state index < -0.39 is 0 Å². The Hall–Kier alpha value is -2.46. The topological polar surface area (TPSA) is 40.6 Å². The molecule has 0 spiro atoms. The van der Waals surface area contributed by atoms with Gasteiger partial charge in [-0.15, -0.1) is 0 Å². The van der Waals surface area contributed by atoms with Crippen molar-refractivity contribution in [2.24, 2.45) is 5.92 Å². The Balaban J connectivity index is 1.37. The molecule has 3 fully saturated rings. The fraction of sp³-hybridized carbons (Fsp3) is 0.417. The van der Waals surface area contributed by atoms with E-state index in [-0.39, 0.29) is 17.7 Å². The SMILES string of the molecule is O=C1CCc2c1cccc2C(=O)N1C[C@@H]2CC[C@H]1CN(Cc1ccccc1)C2. The summed E-state index contributed by atoms with van der Waals surface area (Å²) in [6, 6.07) is 16.5. The second kappa shape index (κ2) is 7.17. The summed E-state index contributed by atoms with van der Waals surface area (Å²) in [7, 11) is 0. The zero-order valence-electron chi connectivity index (χ0n) is 16.1. The average molecular weight is 374 g/mol. The standard InChI is InChI=1S/C24H26N2O2/c27-23-12-11-20-21(23)7-4-8-22(20)24(28)26-15-18-9-10-19(26)16-25(14-18)13-17-5-2-1-3-6-17/h1-8,18-19H,9-16H2/t18-,19+/m1/s1. The van der Waals surface area contributed by atoms with E-state index >= 15 is 0 Å². The van der Waals surface area contributed by atoms with Crippen LogP contribution in [0.1, 0.15) is 51.1 Å². The van der Waals surface area contributed by atoms with Gasteiger partial charge in [0.1, 0.15) is 0 Å². The number of nitrogens with zero attached hydrogens (tertiary/aromatic N) is 2. The highest BCUT2D eigenvalue weighted by Gasteiger charge is 2.38. The smallest absolute Gasteiger partial charge is 0.254 e. The monoisotopic (exact) mass is 374 g/mol. The number of carbonyl (C=O) groups is 2. The first-order chi connectivity index (χ1) is 13.7. The second-order valence-corrected chi connectivity index (χ2v) is 8.49. The molecule has 4 aliphatic rings. The van der Waals surface area contributed by atoms with Gasteiger partial charge < -0.3 is 4.90 Å². The van der Waals surface area contributed by atoms with Gasteiger partial charge in [-0.2, -0.15) is 0 Å². The molecule has 6 rings (SSSR count). The van der Waals surface area contributed by atoms with Crippen LogP contribution >= 0.6 is 0 Å². The van der Waals surface area contributed by atoms with Gasteiger partial charge in [-0.25, -0.2) is 0 Å². The van der Waals surface area contributed by atoms with Crippen LogP contribution in [0.5, 0.6) is 0 Å². The van der Waals surface area contributed by atoms with E-state index in [2.05, 4.69) is 40.1 Å². The Kier molecular flexibility index (Phi) is 4.52. The average Bonchev–Trinajstić information content (AvgIpc) is 2.89. The first-order valence-electron chi connectivity index (χ1n) is 10.4. The quantitative estimate of drug-likeness (QED) is 0.825. The van der Waals surface area contributed by atoms with E-state index in [1.165, 1.54) is 12.0 Å². The molecular formula is C24H26N2O2. The van der Waals surface area contributed by atoms with Crippen molar-refractivity contribution in [1.29, 1.82) is 0 Å². The van der Waals surface area contributed by atoms with Crippen molar-refractivity contribution in [2.75, 3.05) is 19.6 Å². The summed E-state index contributed by atoms with van der Waals surface area (Å²) in [5.41, 5.74) is 3.82. The summed E-state index contributed by atoms with van der Waals surface area (Å²) < 4.78 is 0. The normalized spacial score (nSPS) is 24.3. The van der Waals surface area contributed by atoms with Crippen LogP contribution in [0.2, 0.25) is 0 Å². The highest BCUT2D eigenvalue weighted by molar-refractivity contribution is 6.05. The molecule has 1 amide bonds. The molecule has 2 bridgehead atoms. The fourth-order valence-electron chi connectivity index (χ4n) is 5.24. The van der Waals surface area contributed by atoms with Crippen molar-refractivity contribution >= 4 is 11.7 Å². The summed E-state index contributed by atoms with van der Waals surface area (Å²) >= 11 is 0. The van der Waals surface area contributed by atoms with Crippen molar-refractivity contribution in [3.8, 4) is 0 Å². The molecule has 0 saturated carbocycles. The van der Waals surface area contributed by atoms with Crippen molar-refractivity contribution in [1.82, 2.24) is 9.80 Å². The predicted molar refractivity (Wildman–Crippen MR) is 108 cm³/mol. The third-order valence-electron chi connectivity index (χ3n) is 6.61. The van der Waals surface area contributed by atoms with Crippen LogP contribution in [0.25, 0.3) is 0 Å². The lowest BCUT2D eigenvalue weighted by Crippen LogP contribution is -2.47. The molecule has 0 unspecified atom stereocenters. The summed E-state index contributed by atoms with van der Waals surface area (Å²) in [6.45, 7) is 3.78. The Morgan fingerprint density at radius 3 is 2.64 bits per heavy atom. The number of hydrogen-bond donors (Lipinski definition) is 0. The molecule has 3 heterocycles. The largest absolute Gasteiger partial charge is 0.334 e. The molecule has 4 heteroatoms. The molecule has 28 heavy (non-hydrogen) atoms. The van der Waals surface area contributed by atoms with Crippen molar-refractivity contribution < 1.29 is 9.59 Å². The second-order valence-electron chi connectivity index (χ2n) is 8.49. The summed E-state index contributed by atoms with van der Waals surface area (Å²) in [5.74, 6) is 0.837. The number of benzene rings is 2. The number of piperidine rings is 1. The number of amides is 1. The first kappa shape index (κ1) is 17.6. The third kappa shape index (κ3) is 3.16. The fourth-order valence-corrected chi connectivity index (χ4v) is 5.24. The first-order valence-corrected chi connectivity index (χ1v) is 10.4. The van der Waals surface area contributed by atoms with E-state index in [1.807, 2.05) is 18.2 Å². The van der Waals surface area contributed by atoms with Crippen molar-refractivity contribution in [3.05, 3.63) is 70.8 Å². The van der Waals surface area contributed by atoms with Gasteiger partial charge in [0.2, 0.25) is 0 Å². The van der Waals surface area contributed by atoms with E-state index in [0.29, 0.717) is 18.8 Å². The summed E-state index contributed by atoms with van der Waals surface area (Å²) in [4.78, 5) is 30.2. The van der Waals surface area contributed by atoms with E-state index in [1.54, 1.807) is 0 Å². The van der Waals surface area contributed by atoms with Crippen molar-refractivity contribution in [2.45, 2.75) is 38.3 Å². The lowest BCUT2D eigenvalue weighted by Gasteiger charge is -2.36. The molecule has 2 aromatic carbocycles. The molecular weight excluding hydrogens is 348 g/mol. The minimum Gasteiger partial charge on any atom is -0.334 e. The number of ketones is 1. The highest BCUT2D eigenvalue weighted by atomic mass is 16.2. The number of rotatable bonds is 3. The lowest BCUT2D eigenvalue weighted by molar-refractivity contribution is 0.0584. The van der Waals surface area contributed by atoms with Crippen LogP contribution in [0, 0.1) is 5.92 Å². The maximum Gasteiger partial charge on any atom is 0.254 e. The zero-order valence-corrected chi connectivity index (χ0v) is 16.1. The lowest BCUT2D eigenvalue weighted by atomic mass is 9.93. The molecule has 1 aliphatic carbocycles. The molecule has 4 nitrogen and oxygen atoms in total. The number of hydrogen-bond acceptors (Lipinski definition) is 3. The third-order valence-corrected chi connectivity index (χ3v) is 6.61. The maximum atomic E-state index is 13.5. The van der Waals surface area contributed by atoms with Crippen LogP contribution in [-0.4, -0.2) is 47.2 Å². The van der Waals surface area contributed by atoms with Gasteiger partial charge in [-0.1, -0.05) is 42.5 Å². The minimum absolute atomic E-state index is 0.128. The van der Waals surface area contributed by atoms with Gasteiger partial charge in [0, 0.05) is 49.8 Å². The summed E-state index contributed by atoms with van der Waals surface area (Å²) in [6.07, 6.45) is 3.52. The summed E-state index contributed by atoms with van der Waals surface area (Å²) in [5, 5.41) is 0. The molecule has 0 aromatic heterocycles. The molecule has 3 saturated heterocycles. The van der Waals surface area contributed by atoms with Gasteiger partial charge in [0.25, 0.3) is 5.91 Å². The molecule has 2 aromatic rings. The van der Waals surface area contributed by atoms with Gasteiger partial charge >= 0.3 is 0 Å². The van der Waals surface area contributed by atoms with E-state index in [4.69, 9.17) is 0 Å². The Morgan fingerprint density at radius 1 is 0.929 bits per heavy atom. The molecule has 0 N–H and O–H groups in total. The molecule has 144 valence electrons. The van der Waals surface area contributed by atoms with Crippen LogP contribution in [-0.2, 0) is 13.0 Å². The van der Waals surface area contributed by atoms with Gasteiger partial charge in [0.05, 0.1) is 0 Å². The minimum atomic E-state index is 0.128. The Morgan fingerprint density at radius 2 is 1.79 bits per heavy atom. The molecule has 3 aliphatic heterocycles. The van der Waals surface area contributed by atoms with E-state index in [9.17, 15) is 9.59 Å². The molecule has 0 radical (unpaired) electrons. The van der Waals surface area contributed by atoms with Gasteiger partial charge in [-0.05, 0) is 42.4 Å². The van der Waals surface area contributed by atoms with Crippen LogP contribution in [0.3, 0.4) is 0 Å². The van der Waals surface area contributed by atoms with E-state index in [0.717, 1.165) is 49.3 Å². The van der Waals surface area contributed by atoms with Crippen molar-refractivity contribution in [3.63, 3.8) is 0 Å². The maximum absolute atomic E-state index is 13.5. The Bertz CT molecular complexity index is 908. The number of Topliss-reactive ketones (excluding diaryl/α,β-unsaturated/α-hetero) is 1. The van der Waals surface area contributed by atoms with Gasteiger partial charge in [-0.3, -0.25) is 14.5 Å². The Labute approximate surface area is 166 Å². The van der Waals surface area contributed by atoms with Crippen LogP contribution in [0.15, 0.2) is 48.5 Å². The van der Waals surface area contributed by atoms with Gasteiger partial charge in [0.15, 0.2) is 5.78 Å². The van der Waals surface area contributed by atoms with Crippen LogP contribution in [0.4, 0.5) is 0 Å². The highest BCUT2D eigenvalue weighted by Crippen LogP contribution is 2.32. The number of carbonyl (C=O) groups excluding carboxylic acids is 2.